The van der Waals surface area contributed by atoms with E-state index in [2.05, 4.69) is 17.1 Å². The first kappa shape index (κ1) is 22.8. The summed E-state index contributed by atoms with van der Waals surface area (Å²) in [5.41, 5.74) is 3.72. The summed E-state index contributed by atoms with van der Waals surface area (Å²) >= 11 is 0. The van der Waals surface area contributed by atoms with Crippen LogP contribution in [0.4, 0.5) is 0 Å². The Balaban J connectivity index is 1.72. The Bertz CT molecular complexity index is 940. The second-order valence-corrected chi connectivity index (χ2v) is 8.34. The van der Waals surface area contributed by atoms with Gasteiger partial charge in [0.2, 0.25) is 0 Å². The molecule has 0 saturated carbocycles. The van der Waals surface area contributed by atoms with Crippen LogP contribution in [0.15, 0.2) is 30.3 Å². The van der Waals surface area contributed by atoms with Crippen LogP contribution < -0.4 is 0 Å². The van der Waals surface area contributed by atoms with Crippen LogP contribution in [0.1, 0.15) is 76.7 Å². The Labute approximate surface area is 184 Å². The molecule has 1 amide bonds. The Morgan fingerprint density at radius 2 is 1.77 bits per heavy atom. The first-order valence-corrected chi connectivity index (χ1v) is 11.0. The van der Waals surface area contributed by atoms with Gasteiger partial charge in [-0.15, -0.1) is 0 Å². The Kier molecular flexibility index (Phi) is 7.31. The molecule has 3 rings (SSSR count). The van der Waals surface area contributed by atoms with Gasteiger partial charge in [0.1, 0.15) is 5.69 Å². The van der Waals surface area contributed by atoms with Gasteiger partial charge in [-0.25, -0.2) is 0 Å². The number of nitrogens with zero attached hydrogens (tertiary/aromatic N) is 1. The minimum atomic E-state index is -0.177. The molecule has 2 heterocycles. The lowest BCUT2D eigenvalue weighted by atomic mass is 9.78. The second kappa shape index (κ2) is 9.94. The van der Waals surface area contributed by atoms with E-state index in [9.17, 15) is 14.4 Å². The van der Waals surface area contributed by atoms with E-state index in [1.54, 1.807) is 0 Å². The monoisotopic (exact) mass is 424 g/mol. The lowest BCUT2D eigenvalue weighted by Gasteiger charge is -2.36. The number of piperidine rings is 1. The number of amides is 1. The summed E-state index contributed by atoms with van der Waals surface area (Å²) in [7, 11) is 0. The fourth-order valence-electron chi connectivity index (χ4n) is 4.81. The molecule has 0 aliphatic carbocycles. The molecule has 1 aromatic carbocycles. The molecule has 6 heteroatoms. The third-order valence-corrected chi connectivity index (χ3v) is 6.32. The van der Waals surface area contributed by atoms with Gasteiger partial charge in [0.05, 0.1) is 13.0 Å². The van der Waals surface area contributed by atoms with Crippen molar-refractivity contribution >= 4 is 17.7 Å². The van der Waals surface area contributed by atoms with Crippen molar-refractivity contribution in [2.24, 2.45) is 5.92 Å². The van der Waals surface area contributed by atoms with Crippen LogP contribution >= 0.6 is 0 Å². The average molecular weight is 425 g/mol. The highest BCUT2D eigenvalue weighted by Gasteiger charge is 2.32. The van der Waals surface area contributed by atoms with E-state index >= 15 is 0 Å². The van der Waals surface area contributed by atoms with Crippen molar-refractivity contribution in [3.05, 3.63) is 58.4 Å². The van der Waals surface area contributed by atoms with Crippen LogP contribution in [-0.2, 0) is 9.53 Å². The van der Waals surface area contributed by atoms with Crippen molar-refractivity contribution < 1.29 is 19.1 Å². The molecule has 6 nitrogen and oxygen atoms in total. The van der Waals surface area contributed by atoms with Gasteiger partial charge in [-0.05, 0) is 63.5 Å². The molecular weight excluding hydrogens is 392 g/mol. The van der Waals surface area contributed by atoms with E-state index in [0.717, 1.165) is 29.7 Å². The number of likely N-dealkylation sites (tertiary alicyclic amines) is 1. The van der Waals surface area contributed by atoms with Gasteiger partial charge in [0.15, 0.2) is 5.78 Å². The summed E-state index contributed by atoms with van der Waals surface area (Å²) in [6.45, 7) is 8.63. The number of hydrogen-bond donors (Lipinski definition) is 1. The molecule has 1 aliphatic rings. The first-order chi connectivity index (χ1) is 14.8. The first-order valence-electron chi connectivity index (χ1n) is 11.0. The predicted octanol–water partition coefficient (Wildman–Crippen LogP) is 4.42. The third kappa shape index (κ3) is 5.06. The number of aryl methyl sites for hydroxylation is 1. The minimum Gasteiger partial charge on any atom is -0.466 e. The molecule has 1 N–H and O–H groups in total. The largest absolute Gasteiger partial charge is 0.466 e. The maximum absolute atomic E-state index is 13.1. The van der Waals surface area contributed by atoms with E-state index in [1.807, 2.05) is 43.9 Å². The normalized spacial score (nSPS) is 15.5. The molecule has 0 spiro atoms. The number of ketones is 1. The maximum atomic E-state index is 13.1. The van der Waals surface area contributed by atoms with Crippen LogP contribution in [0.25, 0.3) is 0 Å². The van der Waals surface area contributed by atoms with Gasteiger partial charge in [-0.2, -0.15) is 0 Å². The molecule has 0 radical (unpaired) electrons. The molecule has 31 heavy (non-hydrogen) atoms. The average Bonchev–Trinajstić information content (AvgIpc) is 3.06. The number of esters is 1. The zero-order valence-electron chi connectivity index (χ0n) is 18.9. The van der Waals surface area contributed by atoms with E-state index in [1.165, 1.54) is 6.92 Å². The number of benzene rings is 1. The van der Waals surface area contributed by atoms with Gasteiger partial charge in [-0.1, -0.05) is 30.3 Å². The number of ether oxygens (including phenoxy) is 1. The zero-order chi connectivity index (χ0) is 22.5. The van der Waals surface area contributed by atoms with Crippen LogP contribution in [0.2, 0.25) is 0 Å². The number of nitrogens with one attached hydrogen (secondary N) is 1. The van der Waals surface area contributed by atoms with E-state index in [-0.39, 0.29) is 23.6 Å². The van der Waals surface area contributed by atoms with Gasteiger partial charge in [0.25, 0.3) is 5.91 Å². The molecular formula is C25H32N2O4. The second-order valence-electron chi connectivity index (χ2n) is 8.34. The van der Waals surface area contributed by atoms with E-state index in [4.69, 9.17) is 4.74 Å². The molecule has 1 saturated heterocycles. The van der Waals surface area contributed by atoms with Gasteiger partial charge >= 0.3 is 5.97 Å². The summed E-state index contributed by atoms with van der Waals surface area (Å²) < 4.78 is 5.21. The van der Waals surface area contributed by atoms with Gasteiger partial charge in [0, 0.05) is 24.3 Å². The van der Waals surface area contributed by atoms with Gasteiger partial charge < -0.3 is 14.6 Å². The maximum Gasteiger partial charge on any atom is 0.306 e. The number of aromatic amines is 1. The number of H-pyrrole nitrogens is 1. The molecule has 0 bridgehead atoms. The fourth-order valence-corrected chi connectivity index (χ4v) is 4.81. The molecule has 1 unspecified atom stereocenters. The summed E-state index contributed by atoms with van der Waals surface area (Å²) in [5, 5.41) is 0. The Morgan fingerprint density at radius 3 is 2.32 bits per heavy atom. The minimum absolute atomic E-state index is 0.0336. The van der Waals surface area contributed by atoms with Crippen molar-refractivity contribution in [2.45, 2.75) is 52.9 Å². The number of rotatable bonds is 7. The highest BCUT2D eigenvalue weighted by molar-refractivity contribution is 6.02. The molecule has 1 atom stereocenters. The van der Waals surface area contributed by atoms with Gasteiger partial charge in [-0.3, -0.25) is 14.4 Å². The molecule has 1 aliphatic heterocycles. The van der Waals surface area contributed by atoms with Crippen molar-refractivity contribution in [1.82, 2.24) is 9.88 Å². The van der Waals surface area contributed by atoms with Crippen molar-refractivity contribution in [2.75, 3.05) is 19.7 Å². The van der Waals surface area contributed by atoms with Crippen LogP contribution in [0.5, 0.6) is 0 Å². The fraction of sp³-hybridized carbons (Fsp3) is 0.480. The molecule has 2 aromatic rings. The van der Waals surface area contributed by atoms with E-state index in [0.29, 0.717) is 43.3 Å². The summed E-state index contributed by atoms with van der Waals surface area (Å²) in [6, 6.07) is 10.1. The summed E-state index contributed by atoms with van der Waals surface area (Å²) in [5.74, 6) is 0.109. The Morgan fingerprint density at radius 1 is 1.13 bits per heavy atom. The third-order valence-electron chi connectivity index (χ3n) is 6.32. The molecule has 166 valence electrons. The lowest BCUT2D eigenvalue weighted by Crippen LogP contribution is -2.40. The topological polar surface area (TPSA) is 79.5 Å². The highest BCUT2D eigenvalue weighted by atomic mass is 16.5. The highest BCUT2D eigenvalue weighted by Crippen LogP contribution is 2.36. The van der Waals surface area contributed by atoms with Crippen LogP contribution in [0, 0.1) is 19.8 Å². The number of Topliss-reactive ketones (excluding diaryl/α,β-unsaturated/α-hetero) is 1. The van der Waals surface area contributed by atoms with Crippen LogP contribution in [0.3, 0.4) is 0 Å². The Hall–Kier alpha value is -2.89. The molecule has 1 aromatic heterocycles. The van der Waals surface area contributed by atoms with Crippen molar-refractivity contribution in [3.8, 4) is 0 Å². The zero-order valence-corrected chi connectivity index (χ0v) is 18.9. The smallest absolute Gasteiger partial charge is 0.306 e. The SMILES string of the molecule is CCOC(=O)CC(c1ccccc1)C1CCN(C(=O)c2[nH]c(C)c(C(C)=O)c2C)CC1. The van der Waals surface area contributed by atoms with Crippen LogP contribution in [-0.4, -0.2) is 47.2 Å². The standard InChI is InChI=1S/C25H32N2O4/c1-5-31-22(29)15-21(19-9-7-6-8-10-19)20-11-13-27(14-12-20)25(30)24-16(2)23(18(4)28)17(3)26-24/h6-10,20-21,26H,5,11-15H2,1-4H3. The summed E-state index contributed by atoms with van der Waals surface area (Å²) in [6.07, 6.45) is 2.00. The summed E-state index contributed by atoms with van der Waals surface area (Å²) in [4.78, 5) is 42.2. The predicted molar refractivity (Wildman–Crippen MR) is 119 cm³/mol. The lowest BCUT2D eigenvalue weighted by molar-refractivity contribution is -0.144. The number of aromatic nitrogens is 1. The number of carbonyl (C=O) groups is 3. The number of hydrogen-bond acceptors (Lipinski definition) is 4. The van der Waals surface area contributed by atoms with E-state index < -0.39 is 0 Å². The number of carbonyl (C=O) groups excluding carboxylic acids is 3. The molecule has 1 fully saturated rings. The van der Waals surface area contributed by atoms with Crippen molar-refractivity contribution in [3.63, 3.8) is 0 Å². The van der Waals surface area contributed by atoms with Crippen molar-refractivity contribution in [1.29, 1.82) is 0 Å². The quantitative estimate of drug-likeness (QED) is 0.527.